The Morgan fingerprint density at radius 2 is 2.05 bits per heavy atom. The summed E-state index contributed by atoms with van der Waals surface area (Å²) in [6, 6.07) is 5.72. The number of hydrogen-bond donors (Lipinski definition) is 1. The van der Waals surface area contributed by atoms with Crippen molar-refractivity contribution in [1.82, 2.24) is 0 Å². The van der Waals surface area contributed by atoms with E-state index in [9.17, 15) is 9.59 Å². The highest BCUT2D eigenvalue weighted by atomic mass is 16.5. The number of rotatable bonds is 4. The molecule has 1 aliphatic carbocycles. The van der Waals surface area contributed by atoms with Crippen LogP contribution in [0.2, 0.25) is 0 Å². The number of amides is 1. The van der Waals surface area contributed by atoms with Gasteiger partial charge >= 0.3 is 5.97 Å². The van der Waals surface area contributed by atoms with Gasteiger partial charge < -0.3 is 10.1 Å². The maximum Gasteiger partial charge on any atom is 0.309 e. The van der Waals surface area contributed by atoms with Crippen molar-refractivity contribution in [2.45, 2.75) is 33.1 Å². The predicted molar refractivity (Wildman–Crippen MR) is 72.8 cm³/mol. The summed E-state index contributed by atoms with van der Waals surface area (Å²) in [5, 5.41) is 2.77. The van der Waals surface area contributed by atoms with Crippen LogP contribution in [0.5, 0.6) is 0 Å². The lowest BCUT2D eigenvalue weighted by molar-refractivity contribution is -0.154. The highest BCUT2D eigenvalue weighted by molar-refractivity contribution is 5.93. The third-order valence-corrected chi connectivity index (χ3v) is 3.66. The second-order valence-corrected chi connectivity index (χ2v) is 5.03. The van der Waals surface area contributed by atoms with Crippen molar-refractivity contribution < 1.29 is 14.3 Å². The standard InChI is InChI=1S/C15H19NO3/c1-10-5-3-8-13(11(10)2)16-14(17)9-19-15(18)12-6-4-7-12/h3,5,8,12H,4,6-7,9H2,1-2H3,(H,16,17). The highest BCUT2D eigenvalue weighted by Crippen LogP contribution is 2.27. The van der Waals surface area contributed by atoms with Crippen LogP contribution in [-0.2, 0) is 14.3 Å². The molecule has 0 radical (unpaired) electrons. The summed E-state index contributed by atoms with van der Waals surface area (Å²) in [5.41, 5.74) is 2.91. The zero-order chi connectivity index (χ0) is 13.8. The Labute approximate surface area is 113 Å². The zero-order valence-corrected chi connectivity index (χ0v) is 11.4. The number of hydrogen-bond acceptors (Lipinski definition) is 3. The van der Waals surface area contributed by atoms with E-state index in [1.165, 1.54) is 0 Å². The number of nitrogens with one attached hydrogen (secondary N) is 1. The van der Waals surface area contributed by atoms with E-state index in [-0.39, 0.29) is 24.4 Å². The largest absolute Gasteiger partial charge is 0.455 e. The first-order valence-electron chi connectivity index (χ1n) is 6.60. The Kier molecular flexibility index (Phi) is 4.20. The third-order valence-electron chi connectivity index (χ3n) is 3.66. The minimum Gasteiger partial charge on any atom is -0.455 e. The minimum atomic E-state index is -0.290. The minimum absolute atomic E-state index is 0.00788. The number of benzene rings is 1. The molecular formula is C15H19NO3. The Hall–Kier alpha value is -1.84. The van der Waals surface area contributed by atoms with E-state index < -0.39 is 0 Å². The molecule has 4 heteroatoms. The van der Waals surface area contributed by atoms with Gasteiger partial charge in [0, 0.05) is 5.69 Å². The molecule has 1 saturated carbocycles. The van der Waals surface area contributed by atoms with Crippen molar-refractivity contribution in [1.29, 1.82) is 0 Å². The maximum absolute atomic E-state index is 11.7. The third kappa shape index (κ3) is 3.34. The van der Waals surface area contributed by atoms with Gasteiger partial charge in [0.25, 0.3) is 5.91 Å². The van der Waals surface area contributed by atoms with Gasteiger partial charge in [-0.05, 0) is 43.9 Å². The van der Waals surface area contributed by atoms with Crippen LogP contribution in [0.15, 0.2) is 18.2 Å². The SMILES string of the molecule is Cc1cccc(NC(=O)COC(=O)C2CCC2)c1C. The smallest absolute Gasteiger partial charge is 0.309 e. The first kappa shape index (κ1) is 13.6. The molecule has 1 fully saturated rings. The summed E-state index contributed by atoms with van der Waals surface area (Å²) in [6.45, 7) is 3.73. The maximum atomic E-state index is 11.7. The van der Waals surface area contributed by atoms with Crippen LogP contribution in [0.3, 0.4) is 0 Å². The summed E-state index contributed by atoms with van der Waals surface area (Å²) >= 11 is 0. The monoisotopic (exact) mass is 261 g/mol. The lowest BCUT2D eigenvalue weighted by Gasteiger charge is -2.22. The predicted octanol–water partition coefficient (Wildman–Crippen LogP) is 2.59. The van der Waals surface area contributed by atoms with Crippen LogP contribution in [0.25, 0.3) is 0 Å². The molecule has 0 bridgehead atoms. The van der Waals surface area contributed by atoms with Gasteiger partial charge in [-0.3, -0.25) is 9.59 Å². The average molecular weight is 261 g/mol. The fourth-order valence-electron chi connectivity index (χ4n) is 1.97. The summed E-state index contributed by atoms with van der Waals surface area (Å²) in [6.07, 6.45) is 2.85. The average Bonchev–Trinajstić information content (AvgIpc) is 2.30. The van der Waals surface area contributed by atoms with Gasteiger partial charge in [0.2, 0.25) is 0 Å². The van der Waals surface area contributed by atoms with E-state index in [1.807, 2.05) is 32.0 Å². The van der Waals surface area contributed by atoms with Crippen molar-refractivity contribution in [2.75, 3.05) is 11.9 Å². The van der Waals surface area contributed by atoms with E-state index in [0.717, 1.165) is 36.1 Å². The molecule has 0 aliphatic heterocycles. The van der Waals surface area contributed by atoms with E-state index in [1.54, 1.807) is 0 Å². The molecule has 0 spiro atoms. The summed E-state index contributed by atoms with van der Waals surface area (Å²) in [7, 11) is 0. The van der Waals surface area contributed by atoms with Crippen molar-refractivity contribution in [3.8, 4) is 0 Å². The second kappa shape index (κ2) is 5.87. The summed E-state index contributed by atoms with van der Waals surface area (Å²) in [5.74, 6) is -0.530. The summed E-state index contributed by atoms with van der Waals surface area (Å²) < 4.78 is 5.00. The first-order chi connectivity index (χ1) is 9.08. The number of anilines is 1. The van der Waals surface area contributed by atoms with E-state index in [0.29, 0.717) is 0 Å². The molecule has 0 atom stereocenters. The van der Waals surface area contributed by atoms with Crippen LogP contribution >= 0.6 is 0 Å². The lowest BCUT2D eigenvalue weighted by Crippen LogP contribution is -2.28. The topological polar surface area (TPSA) is 55.4 Å². The van der Waals surface area contributed by atoms with E-state index in [2.05, 4.69) is 5.32 Å². The van der Waals surface area contributed by atoms with Crippen molar-refractivity contribution in [2.24, 2.45) is 5.92 Å². The Bertz CT molecular complexity index is 492. The fraction of sp³-hybridized carbons (Fsp3) is 0.467. The van der Waals surface area contributed by atoms with Crippen molar-refractivity contribution in [3.05, 3.63) is 29.3 Å². The van der Waals surface area contributed by atoms with Crippen LogP contribution < -0.4 is 5.32 Å². The summed E-state index contributed by atoms with van der Waals surface area (Å²) in [4.78, 5) is 23.2. The molecule has 1 amide bonds. The molecule has 0 heterocycles. The fourth-order valence-corrected chi connectivity index (χ4v) is 1.97. The van der Waals surface area contributed by atoms with Gasteiger partial charge in [0.05, 0.1) is 5.92 Å². The highest BCUT2D eigenvalue weighted by Gasteiger charge is 2.27. The Morgan fingerprint density at radius 3 is 2.68 bits per heavy atom. The molecule has 0 unspecified atom stereocenters. The van der Waals surface area contributed by atoms with Crippen LogP contribution in [0.1, 0.15) is 30.4 Å². The normalized spacial score (nSPS) is 14.6. The van der Waals surface area contributed by atoms with Gasteiger partial charge in [-0.2, -0.15) is 0 Å². The quantitative estimate of drug-likeness (QED) is 0.847. The molecule has 102 valence electrons. The van der Waals surface area contributed by atoms with Crippen molar-refractivity contribution >= 4 is 17.6 Å². The molecule has 1 aromatic carbocycles. The van der Waals surface area contributed by atoms with Gasteiger partial charge in [-0.1, -0.05) is 18.6 Å². The molecule has 1 N–H and O–H groups in total. The number of esters is 1. The Morgan fingerprint density at radius 1 is 1.32 bits per heavy atom. The lowest BCUT2D eigenvalue weighted by atomic mass is 9.86. The van der Waals surface area contributed by atoms with Gasteiger partial charge in [-0.15, -0.1) is 0 Å². The molecule has 1 aliphatic rings. The second-order valence-electron chi connectivity index (χ2n) is 5.03. The molecule has 1 aromatic rings. The molecule has 4 nitrogen and oxygen atoms in total. The van der Waals surface area contributed by atoms with Crippen molar-refractivity contribution in [3.63, 3.8) is 0 Å². The Balaban J connectivity index is 1.83. The van der Waals surface area contributed by atoms with E-state index in [4.69, 9.17) is 4.74 Å². The number of carbonyl (C=O) groups excluding carboxylic acids is 2. The van der Waals surface area contributed by atoms with Crippen LogP contribution in [0, 0.1) is 19.8 Å². The zero-order valence-electron chi connectivity index (χ0n) is 11.4. The molecular weight excluding hydrogens is 242 g/mol. The van der Waals surface area contributed by atoms with Crippen LogP contribution in [0.4, 0.5) is 5.69 Å². The number of carbonyl (C=O) groups is 2. The van der Waals surface area contributed by atoms with E-state index >= 15 is 0 Å². The molecule has 0 saturated heterocycles. The molecule has 2 rings (SSSR count). The number of aryl methyl sites for hydroxylation is 1. The molecule has 0 aromatic heterocycles. The first-order valence-corrected chi connectivity index (χ1v) is 6.60. The van der Waals surface area contributed by atoms with Gasteiger partial charge in [-0.25, -0.2) is 0 Å². The van der Waals surface area contributed by atoms with Crippen LogP contribution in [-0.4, -0.2) is 18.5 Å². The number of ether oxygens (including phenoxy) is 1. The van der Waals surface area contributed by atoms with Gasteiger partial charge in [0.15, 0.2) is 6.61 Å². The molecule has 19 heavy (non-hydrogen) atoms. The van der Waals surface area contributed by atoms with Gasteiger partial charge in [0.1, 0.15) is 0 Å².